The highest BCUT2D eigenvalue weighted by molar-refractivity contribution is 5.32. The molecule has 0 saturated carbocycles. The molecule has 134 valence electrons. The van der Waals surface area contributed by atoms with Crippen LogP contribution in [0.15, 0.2) is 70.9 Å². The van der Waals surface area contributed by atoms with Gasteiger partial charge in [0.05, 0.1) is 0 Å². The normalized spacial score (nSPS) is 28.6. The molecule has 0 nitrogen and oxygen atoms in total. The Morgan fingerprint density at radius 2 is 1.84 bits per heavy atom. The molecule has 0 heterocycles. The van der Waals surface area contributed by atoms with E-state index in [9.17, 15) is 0 Å². The van der Waals surface area contributed by atoms with Gasteiger partial charge in [0.25, 0.3) is 0 Å². The Morgan fingerprint density at radius 1 is 1.00 bits per heavy atom. The van der Waals surface area contributed by atoms with E-state index in [2.05, 4.69) is 76.3 Å². The van der Waals surface area contributed by atoms with Crippen LogP contribution in [0.2, 0.25) is 0 Å². The lowest BCUT2D eigenvalue weighted by molar-refractivity contribution is 0.378. The van der Waals surface area contributed by atoms with Gasteiger partial charge in [-0.25, -0.2) is 0 Å². The Labute approximate surface area is 154 Å². The highest BCUT2D eigenvalue weighted by atomic mass is 14.3. The Bertz CT molecular complexity index is 662. The molecule has 0 bridgehead atoms. The van der Waals surface area contributed by atoms with Crippen LogP contribution in [0.3, 0.4) is 0 Å². The van der Waals surface area contributed by atoms with Gasteiger partial charge in [0, 0.05) is 0 Å². The van der Waals surface area contributed by atoms with Gasteiger partial charge in [-0.3, -0.25) is 0 Å². The van der Waals surface area contributed by atoms with Gasteiger partial charge in [-0.15, -0.1) is 0 Å². The molecule has 0 amide bonds. The molecule has 0 aromatic heterocycles. The Kier molecular flexibility index (Phi) is 5.99. The summed E-state index contributed by atoms with van der Waals surface area (Å²) >= 11 is 0. The Balaban J connectivity index is 1.79. The molecule has 0 spiro atoms. The third-order valence-corrected chi connectivity index (χ3v) is 6.28. The summed E-state index contributed by atoms with van der Waals surface area (Å²) in [5.74, 6) is 2.66. The smallest absolute Gasteiger partial charge is 0.00964 e. The minimum atomic E-state index is 0.633. The van der Waals surface area contributed by atoms with Crippen LogP contribution in [0.4, 0.5) is 0 Å². The largest absolute Gasteiger partial charge is 0.0811 e. The van der Waals surface area contributed by atoms with Crippen molar-refractivity contribution in [3.8, 4) is 0 Å². The topological polar surface area (TPSA) is 0 Å². The van der Waals surface area contributed by atoms with Crippen molar-refractivity contribution in [2.45, 2.75) is 59.8 Å². The van der Waals surface area contributed by atoms with E-state index in [-0.39, 0.29) is 0 Å². The minimum Gasteiger partial charge on any atom is -0.0811 e. The SMILES string of the molecule is CC1=CCC(CC(C2=CCC(C)C=C2)C(C)C2=CC=C(C)CC2)C=C1. The maximum Gasteiger partial charge on any atom is -0.00964 e. The van der Waals surface area contributed by atoms with Crippen LogP contribution in [0.1, 0.15) is 59.8 Å². The standard InChI is InChI=1S/C25H34/c1-18-5-11-22(12-6-18)17-25(24-15-9-20(3)10-16-24)21(4)23-13-7-19(2)8-14-23/h5-7,9,11,13,15-16,20-22,25H,8,10,12,14,17H2,1-4H3. The maximum atomic E-state index is 2.52. The van der Waals surface area contributed by atoms with Crippen molar-refractivity contribution in [3.63, 3.8) is 0 Å². The third kappa shape index (κ3) is 4.75. The number of rotatable bonds is 5. The third-order valence-electron chi connectivity index (χ3n) is 6.28. The van der Waals surface area contributed by atoms with Crippen LogP contribution in [0, 0.1) is 23.7 Å². The molecule has 0 heteroatoms. The van der Waals surface area contributed by atoms with E-state index in [0.29, 0.717) is 23.7 Å². The van der Waals surface area contributed by atoms with Crippen molar-refractivity contribution >= 4 is 0 Å². The zero-order valence-electron chi connectivity index (χ0n) is 16.5. The van der Waals surface area contributed by atoms with Crippen LogP contribution in [0.5, 0.6) is 0 Å². The van der Waals surface area contributed by atoms with Crippen molar-refractivity contribution < 1.29 is 0 Å². The fourth-order valence-corrected chi connectivity index (χ4v) is 4.32. The van der Waals surface area contributed by atoms with Crippen LogP contribution in [0.25, 0.3) is 0 Å². The van der Waals surface area contributed by atoms with Crippen LogP contribution in [-0.4, -0.2) is 0 Å². The van der Waals surface area contributed by atoms with Gasteiger partial charge in [0.15, 0.2) is 0 Å². The summed E-state index contributed by atoms with van der Waals surface area (Å²) in [6, 6.07) is 0. The molecule has 0 aromatic rings. The first-order valence-corrected chi connectivity index (χ1v) is 10.1. The quantitative estimate of drug-likeness (QED) is 0.493. The maximum absolute atomic E-state index is 2.52. The van der Waals surface area contributed by atoms with Crippen LogP contribution in [-0.2, 0) is 0 Å². The lowest BCUT2D eigenvalue weighted by Gasteiger charge is -2.32. The van der Waals surface area contributed by atoms with Gasteiger partial charge in [0.2, 0.25) is 0 Å². The second-order valence-corrected chi connectivity index (χ2v) is 8.46. The molecular weight excluding hydrogens is 300 g/mol. The Hall–Kier alpha value is -1.56. The fourth-order valence-electron chi connectivity index (χ4n) is 4.32. The summed E-state index contributed by atoms with van der Waals surface area (Å²) in [6.07, 6.45) is 25.4. The molecule has 0 saturated heterocycles. The molecule has 3 rings (SSSR count). The first kappa shape index (κ1) is 18.2. The van der Waals surface area contributed by atoms with E-state index in [0.717, 1.165) is 0 Å². The highest BCUT2D eigenvalue weighted by Crippen LogP contribution is 2.39. The number of hydrogen-bond donors (Lipinski definition) is 0. The molecule has 3 aliphatic carbocycles. The van der Waals surface area contributed by atoms with E-state index in [1.54, 1.807) is 11.1 Å². The number of allylic oxidation sites excluding steroid dienone is 12. The van der Waals surface area contributed by atoms with Crippen molar-refractivity contribution in [2.24, 2.45) is 23.7 Å². The summed E-state index contributed by atoms with van der Waals surface area (Å²) in [7, 11) is 0. The number of hydrogen-bond acceptors (Lipinski definition) is 0. The molecule has 4 atom stereocenters. The van der Waals surface area contributed by atoms with E-state index in [1.165, 1.54) is 43.3 Å². The molecule has 3 aliphatic rings. The average molecular weight is 335 g/mol. The summed E-state index contributed by atoms with van der Waals surface area (Å²) in [6.45, 7) is 9.25. The van der Waals surface area contributed by atoms with E-state index in [4.69, 9.17) is 0 Å². The molecule has 4 unspecified atom stereocenters. The average Bonchev–Trinajstić information content (AvgIpc) is 2.62. The zero-order chi connectivity index (χ0) is 17.8. The van der Waals surface area contributed by atoms with Gasteiger partial charge < -0.3 is 0 Å². The molecule has 25 heavy (non-hydrogen) atoms. The lowest BCUT2D eigenvalue weighted by Crippen LogP contribution is -2.21. The molecule has 0 aliphatic heterocycles. The van der Waals surface area contributed by atoms with Gasteiger partial charge in [-0.1, -0.05) is 79.2 Å². The first-order chi connectivity index (χ1) is 12.0. The summed E-state index contributed by atoms with van der Waals surface area (Å²) in [5, 5.41) is 0. The van der Waals surface area contributed by atoms with Crippen molar-refractivity contribution in [1.82, 2.24) is 0 Å². The lowest BCUT2D eigenvalue weighted by atomic mass is 9.72. The second kappa shape index (κ2) is 8.21. The van der Waals surface area contributed by atoms with Gasteiger partial charge in [-0.05, 0) is 75.2 Å². The molecule has 0 fully saturated rings. The van der Waals surface area contributed by atoms with Gasteiger partial charge in [-0.2, -0.15) is 0 Å². The van der Waals surface area contributed by atoms with Crippen LogP contribution >= 0.6 is 0 Å². The van der Waals surface area contributed by atoms with Gasteiger partial charge in [0.1, 0.15) is 0 Å². The molecule has 0 aromatic carbocycles. The predicted molar refractivity (Wildman–Crippen MR) is 110 cm³/mol. The van der Waals surface area contributed by atoms with E-state index in [1.807, 2.05) is 0 Å². The second-order valence-electron chi connectivity index (χ2n) is 8.46. The summed E-state index contributed by atoms with van der Waals surface area (Å²) in [4.78, 5) is 0. The Morgan fingerprint density at radius 3 is 2.44 bits per heavy atom. The minimum absolute atomic E-state index is 0.633. The monoisotopic (exact) mass is 334 g/mol. The van der Waals surface area contributed by atoms with Gasteiger partial charge >= 0.3 is 0 Å². The van der Waals surface area contributed by atoms with Crippen LogP contribution < -0.4 is 0 Å². The van der Waals surface area contributed by atoms with Crippen molar-refractivity contribution in [2.75, 3.05) is 0 Å². The predicted octanol–water partition coefficient (Wildman–Crippen LogP) is 7.34. The fraction of sp³-hybridized carbons (Fsp3) is 0.520. The van der Waals surface area contributed by atoms with E-state index < -0.39 is 0 Å². The van der Waals surface area contributed by atoms with Crippen molar-refractivity contribution in [3.05, 3.63) is 70.9 Å². The molecule has 0 radical (unpaired) electrons. The van der Waals surface area contributed by atoms with E-state index >= 15 is 0 Å². The first-order valence-electron chi connectivity index (χ1n) is 10.1. The molecule has 0 N–H and O–H groups in total. The molecular formula is C25H34. The zero-order valence-corrected chi connectivity index (χ0v) is 16.5. The van der Waals surface area contributed by atoms with Crippen molar-refractivity contribution in [1.29, 1.82) is 0 Å². The summed E-state index contributed by atoms with van der Waals surface area (Å²) < 4.78 is 0. The highest BCUT2D eigenvalue weighted by Gasteiger charge is 2.27. The summed E-state index contributed by atoms with van der Waals surface area (Å²) in [5.41, 5.74) is 6.17.